The molecule has 0 aromatic heterocycles. The number of nitrogens with zero attached hydrogens (tertiary/aromatic N) is 1. The Labute approximate surface area is 101 Å². The van der Waals surface area contributed by atoms with Crippen molar-refractivity contribution in [3.8, 4) is 0 Å². The van der Waals surface area contributed by atoms with Crippen molar-refractivity contribution in [1.82, 2.24) is 10.2 Å². The van der Waals surface area contributed by atoms with Gasteiger partial charge in [0, 0.05) is 19.6 Å². The van der Waals surface area contributed by atoms with Crippen LogP contribution in [0.3, 0.4) is 0 Å². The highest BCUT2D eigenvalue weighted by Gasteiger charge is 2.38. The zero-order chi connectivity index (χ0) is 13.0. The lowest BCUT2D eigenvalue weighted by atomic mass is 9.87. The van der Waals surface area contributed by atoms with Crippen molar-refractivity contribution < 1.29 is 19.8 Å². The molecule has 1 aliphatic rings. The fourth-order valence-electron chi connectivity index (χ4n) is 2.41. The highest BCUT2D eigenvalue weighted by atomic mass is 16.4. The van der Waals surface area contributed by atoms with Crippen molar-refractivity contribution in [3.05, 3.63) is 0 Å². The molecule has 6 nitrogen and oxygen atoms in total. The lowest BCUT2D eigenvalue weighted by molar-refractivity contribution is -0.127. The fraction of sp³-hybridized carbons (Fsp3) is 0.818. The number of carbonyl (C=O) groups excluding carboxylic acids is 1. The van der Waals surface area contributed by atoms with Crippen molar-refractivity contribution in [2.75, 3.05) is 13.6 Å². The number of nitrogens with one attached hydrogen (secondary N) is 1. The van der Waals surface area contributed by atoms with Gasteiger partial charge in [0.15, 0.2) is 0 Å². The summed E-state index contributed by atoms with van der Waals surface area (Å²) in [7, 11) is 1.54. The van der Waals surface area contributed by atoms with Gasteiger partial charge in [-0.2, -0.15) is 0 Å². The van der Waals surface area contributed by atoms with Gasteiger partial charge in [-0.05, 0) is 19.3 Å². The van der Waals surface area contributed by atoms with Crippen LogP contribution in [0.4, 0.5) is 4.79 Å². The zero-order valence-corrected chi connectivity index (χ0v) is 10.2. The molecule has 0 bridgehead atoms. The van der Waals surface area contributed by atoms with E-state index in [2.05, 4.69) is 5.32 Å². The summed E-state index contributed by atoms with van der Waals surface area (Å²) in [6.07, 6.45) is -0.218. The van der Waals surface area contributed by atoms with E-state index in [1.54, 1.807) is 0 Å². The van der Waals surface area contributed by atoms with Crippen molar-refractivity contribution in [2.45, 2.75) is 38.3 Å². The molecule has 3 atom stereocenters. The van der Waals surface area contributed by atoms with Crippen molar-refractivity contribution >= 4 is 12.0 Å². The number of rotatable bonds is 3. The van der Waals surface area contributed by atoms with Crippen LogP contribution in [-0.2, 0) is 4.79 Å². The smallest absolute Gasteiger partial charge is 0.407 e. The maximum Gasteiger partial charge on any atom is 0.407 e. The number of aliphatic hydroxyl groups is 1. The van der Waals surface area contributed by atoms with Crippen LogP contribution in [-0.4, -0.2) is 52.9 Å². The van der Waals surface area contributed by atoms with Gasteiger partial charge in [-0.15, -0.1) is 0 Å². The van der Waals surface area contributed by atoms with E-state index in [0.29, 0.717) is 19.3 Å². The van der Waals surface area contributed by atoms with E-state index in [0.717, 1.165) is 0 Å². The molecular formula is C11H20N2O4. The molecule has 0 saturated carbocycles. The Morgan fingerprint density at radius 1 is 1.53 bits per heavy atom. The van der Waals surface area contributed by atoms with Crippen LogP contribution in [0.1, 0.15) is 26.2 Å². The molecule has 98 valence electrons. The first-order valence-corrected chi connectivity index (χ1v) is 5.90. The molecule has 17 heavy (non-hydrogen) atoms. The standard InChI is InChI=1S/C11H20N2O4/c1-3-8(10(15)12-2)9-6-7(14)4-5-13(9)11(16)17/h7-9,14H,3-6H2,1-2H3,(H,12,15)(H,16,17). The van der Waals surface area contributed by atoms with Gasteiger partial charge in [0.05, 0.1) is 12.0 Å². The molecule has 0 aliphatic carbocycles. The molecule has 2 amide bonds. The second-order valence-corrected chi connectivity index (χ2v) is 4.35. The molecule has 1 rings (SSSR count). The van der Waals surface area contributed by atoms with Gasteiger partial charge < -0.3 is 20.4 Å². The minimum atomic E-state index is -1.02. The van der Waals surface area contributed by atoms with E-state index in [-0.39, 0.29) is 12.5 Å². The first kappa shape index (κ1) is 13.8. The topological polar surface area (TPSA) is 89.9 Å². The van der Waals surface area contributed by atoms with Crippen molar-refractivity contribution in [2.24, 2.45) is 5.92 Å². The van der Waals surface area contributed by atoms with E-state index < -0.39 is 24.2 Å². The molecular weight excluding hydrogens is 224 g/mol. The molecule has 0 radical (unpaired) electrons. The normalized spacial score (nSPS) is 26.4. The Morgan fingerprint density at radius 3 is 2.65 bits per heavy atom. The van der Waals surface area contributed by atoms with Gasteiger partial charge in [0.2, 0.25) is 5.91 Å². The average Bonchev–Trinajstić information content (AvgIpc) is 2.29. The lowest BCUT2D eigenvalue weighted by Crippen LogP contribution is -2.53. The summed E-state index contributed by atoms with van der Waals surface area (Å²) in [5.41, 5.74) is 0. The van der Waals surface area contributed by atoms with Gasteiger partial charge in [-0.1, -0.05) is 6.92 Å². The molecule has 6 heteroatoms. The van der Waals surface area contributed by atoms with Crippen LogP contribution in [0, 0.1) is 5.92 Å². The monoisotopic (exact) mass is 244 g/mol. The molecule has 1 aliphatic heterocycles. The van der Waals surface area contributed by atoms with Crippen LogP contribution in [0.5, 0.6) is 0 Å². The molecule has 0 aromatic carbocycles. The van der Waals surface area contributed by atoms with Gasteiger partial charge in [-0.25, -0.2) is 4.79 Å². The number of likely N-dealkylation sites (tertiary alicyclic amines) is 1. The maximum atomic E-state index is 11.7. The first-order valence-electron chi connectivity index (χ1n) is 5.90. The number of amides is 2. The number of aliphatic hydroxyl groups excluding tert-OH is 1. The van der Waals surface area contributed by atoms with Crippen LogP contribution in [0.15, 0.2) is 0 Å². The summed E-state index contributed by atoms with van der Waals surface area (Å²) in [4.78, 5) is 24.1. The number of carbonyl (C=O) groups is 2. The highest BCUT2D eigenvalue weighted by molar-refractivity contribution is 5.80. The average molecular weight is 244 g/mol. The van der Waals surface area contributed by atoms with E-state index in [1.165, 1.54) is 11.9 Å². The quantitative estimate of drug-likeness (QED) is 0.664. The molecule has 0 aromatic rings. The number of piperidine rings is 1. The second-order valence-electron chi connectivity index (χ2n) is 4.35. The third-order valence-corrected chi connectivity index (χ3v) is 3.35. The molecule has 1 saturated heterocycles. The molecule has 3 unspecified atom stereocenters. The van der Waals surface area contributed by atoms with E-state index in [1.807, 2.05) is 6.92 Å². The molecule has 1 heterocycles. The lowest BCUT2D eigenvalue weighted by Gasteiger charge is -2.39. The van der Waals surface area contributed by atoms with Gasteiger partial charge >= 0.3 is 6.09 Å². The fourth-order valence-corrected chi connectivity index (χ4v) is 2.41. The van der Waals surface area contributed by atoms with Crippen LogP contribution < -0.4 is 5.32 Å². The van der Waals surface area contributed by atoms with E-state index >= 15 is 0 Å². The van der Waals surface area contributed by atoms with Crippen LogP contribution in [0.2, 0.25) is 0 Å². The minimum Gasteiger partial charge on any atom is -0.465 e. The Bertz CT molecular complexity index is 295. The number of hydrogen-bond donors (Lipinski definition) is 3. The second kappa shape index (κ2) is 5.86. The van der Waals surface area contributed by atoms with E-state index in [4.69, 9.17) is 5.11 Å². The summed E-state index contributed by atoms with van der Waals surface area (Å²) in [5, 5.41) is 21.3. The van der Waals surface area contributed by atoms with Gasteiger partial charge in [0.25, 0.3) is 0 Å². The summed E-state index contributed by atoms with van der Waals surface area (Å²) in [5.74, 6) is -0.566. The van der Waals surface area contributed by atoms with Crippen LogP contribution in [0.25, 0.3) is 0 Å². The van der Waals surface area contributed by atoms with E-state index in [9.17, 15) is 14.7 Å². The zero-order valence-electron chi connectivity index (χ0n) is 10.2. The largest absolute Gasteiger partial charge is 0.465 e. The number of hydrogen-bond acceptors (Lipinski definition) is 3. The Kier molecular flexibility index (Phi) is 4.74. The number of carboxylic acid groups (broad SMARTS) is 1. The summed E-state index contributed by atoms with van der Waals surface area (Å²) in [6.45, 7) is 2.13. The summed E-state index contributed by atoms with van der Waals surface area (Å²) >= 11 is 0. The van der Waals surface area contributed by atoms with Crippen molar-refractivity contribution in [1.29, 1.82) is 0 Å². The predicted molar refractivity (Wildman–Crippen MR) is 61.6 cm³/mol. The Balaban J connectivity index is 2.86. The third kappa shape index (κ3) is 3.09. The van der Waals surface area contributed by atoms with Gasteiger partial charge in [0.1, 0.15) is 0 Å². The maximum absolute atomic E-state index is 11.7. The van der Waals surface area contributed by atoms with Gasteiger partial charge in [-0.3, -0.25) is 4.79 Å². The molecule has 3 N–H and O–H groups in total. The first-order chi connectivity index (χ1) is 8.01. The SMILES string of the molecule is CCC(C(=O)NC)C1CC(O)CCN1C(=O)O. The summed E-state index contributed by atoms with van der Waals surface area (Å²) in [6, 6.07) is -0.429. The summed E-state index contributed by atoms with van der Waals surface area (Å²) < 4.78 is 0. The Morgan fingerprint density at radius 2 is 2.18 bits per heavy atom. The highest BCUT2D eigenvalue weighted by Crippen LogP contribution is 2.26. The van der Waals surface area contributed by atoms with Crippen molar-refractivity contribution in [3.63, 3.8) is 0 Å². The Hall–Kier alpha value is -1.30. The molecule has 0 spiro atoms. The predicted octanol–water partition coefficient (Wildman–Crippen LogP) is 0.262. The molecule has 1 fully saturated rings. The third-order valence-electron chi connectivity index (χ3n) is 3.35. The minimum absolute atomic E-state index is 0.169. The van der Waals surface area contributed by atoms with Crippen LogP contribution >= 0.6 is 0 Å².